The smallest absolute Gasteiger partial charge is 0.268 e. The molecule has 1 aromatic heterocycles. The van der Waals surface area contributed by atoms with Gasteiger partial charge in [-0.2, -0.15) is 0 Å². The van der Waals surface area contributed by atoms with Gasteiger partial charge in [0, 0.05) is 11.9 Å². The third-order valence-corrected chi connectivity index (χ3v) is 2.41. The molecule has 0 spiro atoms. The summed E-state index contributed by atoms with van der Waals surface area (Å²) in [6.07, 6.45) is 1.58. The number of aromatic amines is 1. The van der Waals surface area contributed by atoms with Gasteiger partial charge in [0.2, 0.25) is 0 Å². The van der Waals surface area contributed by atoms with Gasteiger partial charge in [0.1, 0.15) is 5.69 Å². The summed E-state index contributed by atoms with van der Waals surface area (Å²) in [5.41, 5.74) is 0.00223. The Morgan fingerprint density at radius 1 is 1.41 bits per heavy atom. The average Bonchev–Trinajstić information content (AvgIpc) is 2.36. The zero-order valence-electron chi connectivity index (χ0n) is 9.19. The topological polar surface area (TPSA) is 62.0 Å². The van der Waals surface area contributed by atoms with Gasteiger partial charge in [0.25, 0.3) is 11.5 Å². The van der Waals surface area contributed by atoms with Crippen molar-refractivity contribution in [1.82, 2.24) is 10.3 Å². The molecular weight excluding hydrogens is 216 g/mol. The fourth-order valence-corrected chi connectivity index (χ4v) is 1.59. The van der Waals surface area contributed by atoms with E-state index in [0.717, 1.165) is 5.39 Å². The van der Waals surface area contributed by atoms with Gasteiger partial charge < -0.3 is 10.3 Å². The molecule has 0 fully saturated rings. The van der Waals surface area contributed by atoms with Crippen LogP contribution in [0, 0.1) is 0 Å². The Labute approximate surface area is 98.0 Å². The van der Waals surface area contributed by atoms with Crippen molar-refractivity contribution in [3.63, 3.8) is 0 Å². The van der Waals surface area contributed by atoms with Crippen LogP contribution in [-0.2, 0) is 0 Å². The molecule has 0 aliphatic carbocycles. The minimum absolute atomic E-state index is 0.258. The first-order valence-corrected chi connectivity index (χ1v) is 5.23. The summed E-state index contributed by atoms with van der Waals surface area (Å²) in [7, 11) is 0. The molecule has 2 N–H and O–H groups in total. The van der Waals surface area contributed by atoms with Crippen LogP contribution in [0.15, 0.2) is 47.8 Å². The summed E-state index contributed by atoms with van der Waals surface area (Å²) < 4.78 is 0. The van der Waals surface area contributed by atoms with Crippen molar-refractivity contribution in [1.29, 1.82) is 0 Å². The number of carbonyl (C=O) groups is 1. The van der Waals surface area contributed by atoms with E-state index in [9.17, 15) is 9.59 Å². The van der Waals surface area contributed by atoms with Gasteiger partial charge in [-0.15, -0.1) is 6.58 Å². The number of carbonyl (C=O) groups excluding carboxylic acids is 1. The van der Waals surface area contributed by atoms with Crippen LogP contribution in [-0.4, -0.2) is 17.4 Å². The summed E-state index contributed by atoms with van der Waals surface area (Å²) in [5, 5.41) is 3.94. The first-order valence-electron chi connectivity index (χ1n) is 5.23. The van der Waals surface area contributed by atoms with Crippen molar-refractivity contribution >= 4 is 16.7 Å². The zero-order valence-corrected chi connectivity index (χ0v) is 9.19. The highest BCUT2D eigenvalue weighted by molar-refractivity contribution is 5.96. The number of aromatic nitrogens is 1. The van der Waals surface area contributed by atoms with E-state index in [2.05, 4.69) is 16.9 Å². The molecule has 0 aliphatic rings. The van der Waals surface area contributed by atoms with Crippen molar-refractivity contribution in [2.75, 3.05) is 6.54 Å². The van der Waals surface area contributed by atoms with Crippen molar-refractivity contribution in [2.45, 2.75) is 0 Å². The van der Waals surface area contributed by atoms with Gasteiger partial charge in [-0.25, -0.2) is 0 Å². The van der Waals surface area contributed by atoms with Gasteiger partial charge >= 0.3 is 0 Å². The fraction of sp³-hybridized carbons (Fsp3) is 0.0769. The second-order valence-corrected chi connectivity index (χ2v) is 3.60. The number of hydrogen-bond acceptors (Lipinski definition) is 2. The molecule has 0 atom stereocenters. The molecule has 17 heavy (non-hydrogen) atoms. The van der Waals surface area contributed by atoms with E-state index in [1.165, 1.54) is 0 Å². The Bertz CT molecular complexity index is 629. The van der Waals surface area contributed by atoms with Crippen LogP contribution in [0.25, 0.3) is 10.8 Å². The van der Waals surface area contributed by atoms with Gasteiger partial charge in [-0.05, 0) is 17.5 Å². The summed E-state index contributed by atoms with van der Waals surface area (Å²) in [4.78, 5) is 25.9. The Kier molecular flexibility index (Phi) is 3.05. The van der Waals surface area contributed by atoms with Gasteiger partial charge in [-0.1, -0.05) is 24.3 Å². The SMILES string of the molecule is C=CCNC(=O)c1cc2ccccc2c(=O)[nH]1. The van der Waals surface area contributed by atoms with Crippen LogP contribution in [0.3, 0.4) is 0 Å². The summed E-state index contributed by atoms with van der Waals surface area (Å²) >= 11 is 0. The molecule has 1 aromatic carbocycles. The summed E-state index contributed by atoms with van der Waals surface area (Å²) in [6.45, 7) is 3.88. The molecule has 0 saturated heterocycles. The second-order valence-electron chi connectivity index (χ2n) is 3.60. The van der Waals surface area contributed by atoms with Gasteiger partial charge in [0.15, 0.2) is 0 Å². The van der Waals surface area contributed by atoms with Crippen LogP contribution in [0.2, 0.25) is 0 Å². The fourth-order valence-electron chi connectivity index (χ4n) is 1.59. The molecule has 0 aliphatic heterocycles. The maximum Gasteiger partial charge on any atom is 0.268 e. The van der Waals surface area contributed by atoms with Crippen molar-refractivity contribution < 1.29 is 4.79 Å². The maximum atomic E-state index is 11.7. The average molecular weight is 228 g/mol. The standard InChI is InChI=1S/C13H12N2O2/c1-2-7-14-13(17)11-8-9-5-3-4-6-10(9)12(16)15-11/h2-6,8H,1,7H2,(H,14,17)(H,15,16). The lowest BCUT2D eigenvalue weighted by Gasteiger charge is -2.03. The highest BCUT2D eigenvalue weighted by Gasteiger charge is 2.07. The molecule has 86 valence electrons. The molecule has 2 rings (SSSR count). The quantitative estimate of drug-likeness (QED) is 0.781. The lowest BCUT2D eigenvalue weighted by molar-refractivity contribution is 0.0953. The molecule has 0 unspecified atom stereocenters. The molecule has 0 radical (unpaired) electrons. The van der Waals surface area contributed by atoms with Crippen LogP contribution in [0.5, 0.6) is 0 Å². The van der Waals surface area contributed by atoms with Crippen LogP contribution in [0.1, 0.15) is 10.5 Å². The molecule has 1 heterocycles. The Morgan fingerprint density at radius 3 is 2.94 bits per heavy atom. The van der Waals surface area contributed by atoms with E-state index < -0.39 is 0 Å². The lowest BCUT2D eigenvalue weighted by atomic mass is 10.1. The number of hydrogen-bond donors (Lipinski definition) is 2. The Balaban J connectivity index is 2.46. The molecule has 2 aromatic rings. The molecular formula is C13H12N2O2. The number of nitrogens with one attached hydrogen (secondary N) is 2. The maximum absolute atomic E-state index is 11.7. The van der Waals surface area contributed by atoms with Crippen molar-refractivity contribution in [3.8, 4) is 0 Å². The normalized spacial score (nSPS) is 10.1. The molecule has 0 saturated carbocycles. The third kappa shape index (κ3) is 2.25. The van der Waals surface area contributed by atoms with E-state index in [-0.39, 0.29) is 17.2 Å². The minimum atomic E-state index is -0.312. The second kappa shape index (κ2) is 4.65. The predicted octanol–water partition coefficient (Wildman–Crippen LogP) is 1.44. The van der Waals surface area contributed by atoms with E-state index in [4.69, 9.17) is 0 Å². The Hall–Kier alpha value is -2.36. The number of amides is 1. The highest BCUT2D eigenvalue weighted by atomic mass is 16.2. The molecule has 1 amide bonds. The molecule has 4 heteroatoms. The van der Waals surface area contributed by atoms with Gasteiger partial charge in [-0.3, -0.25) is 9.59 Å². The number of pyridine rings is 1. The number of benzene rings is 1. The first kappa shape index (κ1) is 11.1. The number of rotatable bonds is 3. The predicted molar refractivity (Wildman–Crippen MR) is 67.1 cm³/mol. The molecule has 0 bridgehead atoms. The highest BCUT2D eigenvalue weighted by Crippen LogP contribution is 2.09. The third-order valence-electron chi connectivity index (χ3n) is 2.41. The summed E-state index contributed by atoms with van der Waals surface area (Å²) in [5.74, 6) is -0.312. The zero-order chi connectivity index (χ0) is 12.3. The Morgan fingerprint density at radius 2 is 2.18 bits per heavy atom. The molecule has 4 nitrogen and oxygen atoms in total. The van der Waals surface area contributed by atoms with Crippen LogP contribution < -0.4 is 10.9 Å². The summed E-state index contributed by atoms with van der Waals surface area (Å²) in [6, 6.07) is 8.80. The minimum Gasteiger partial charge on any atom is -0.347 e. The first-order chi connectivity index (χ1) is 8.22. The monoisotopic (exact) mass is 228 g/mol. The van der Waals surface area contributed by atoms with Crippen molar-refractivity contribution in [2.24, 2.45) is 0 Å². The van der Waals surface area contributed by atoms with E-state index >= 15 is 0 Å². The van der Waals surface area contributed by atoms with E-state index in [1.54, 1.807) is 30.3 Å². The lowest BCUT2D eigenvalue weighted by Crippen LogP contribution is -2.26. The number of fused-ring (bicyclic) bond motifs is 1. The van der Waals surface area contributed by atoms with Gasteiger partial charge in [0.05, 0.1) is 0 Å². The van der Waals surface area contributed by atoms with Crippen LogP contribution >= 0.6 is 0 Å². The van der Waals surface area contributed by atoms with E-state index in [0.29, 0.717) is 11.9 Å². The van der Waals surface area contributed by atoms with E-state index in [1.807, 2.05) is 6.07 Å². The largest absolute Gasteiger partial charge is 0.347 e. The van der Waals surface area contributed by atoms with Crippen LogP contribution in [0.4, 0.5) is 0 Å². The van der Waals surface area contributed by atoms with Crippen molar-refractivity contribution in [3.05, 3.63) is 59.0 Å². The number of H-pyrrole nitrogens is 1.